The third kappa shape index (κ3) is 3.53. The molecule has 0 radical (unpaired) electrons. The SMILES string of the molecule is CCCn1c(=O)c2c(nc(C3CCC(=O)C3)n2Cc2ccccc2)n(CCC)c1=O. The second-order valence-corrected chi connectivity index (χ2v) is 8.08. The molecule has 1 aliphatic rings. The fourth-order valence-corrected chi connectivity index (χ4v) is 4.43. The molecule has 7 heteroatoms. The number of carbonyl (C=O) groups is 1. The Hall–Kier alpha value is -2.96. The topological polar surface area (TPSA) is 78.9 Å². The maximum atomic E-state index is 13.4. The monoisotopic (exact) mass is 408 g/mol. The van der Waals surface area contributed by atoms with Gasteiger partial charge in [-0.3, -0.25) is 18.7 Å². The predicted molar refractivity (Wildman–Crippen MR) is 116 cm³/mol. The van der Waals surface area contributed by atoms with Crippen molar-refractivity contribution in [3.8, 4) is 0 Å². The lowest BCUT2D eigenvalue weighted by Gasteiger charge is -2.14. The first-order chi connectivity index (χ1) is 14.5. The Balaban J connectivity index is 2.02. The summed E-state index contributed by atoms with van der Waals surface area (Å²) >= 11 is 0. The standard InChI is InChI=1S/C23H28N4O3/c1-3-12-25-21-19(22(29)26(13-4-2)23(25)30)27(15-16-8-6-5-7-9-16)20(24-21)17-10-11-18(28)14-17/h5-9,17H,3-4,10-15H2,1-2H3. The minimum atomic E-state index is -0.297. The maximum Gasteiger partial charge on any atom is 0.332 e. The number of nitrogens with zero attached hydrogens (tertiary/aromatic N) is 4. The smallest absolute Gasteiger partial charge is 0.317 e. The molecule has 0 spiro atoms. The zero-order valence-electron chi connectivity index (χ0n) is 17.6. The van der Waals surface area contributed by atoms with Gasteiger partial charge in [0.2, 0.25) is 0 Å². The van der Waals surface area contributed by atoms with E-state index in [-0.39, 0.29) is 23.0 Å². The van der Waals surface area contributed by atoms with Crippen molar-refractivity contribution in [3.63, 3.8) is 0 Å². The van der Waals surface area contributed by atoms with Gasteiger partial charge in [0.15, 0.2) is 11.2 Å². The third-order valence-corrected chi connectivity index (χ3v) is 5.83. The molecule has 0 bridgehead atoms. The van der Waals surface area contributed by atoms with Crippen LogP contribution in [0.5, 0.6) is 0 Å². The van der Waals surface area contributed by atoms with Crippen LogP contribution in [0.4, 0.5) is 0 Å². The second kappa shape index (κ2) is 8.42. The molecule has 1 aliphatic carbocycles. The van der Waals surface area contributed by atoms with Gasteiger partial charge in [-0.2, -0.15) is 0 Å². The number of rotatable bonds is 7. The summed E-state index contributed by atoms with van der Waals surface area (Å²) in [6.45, 7) is 5.33. The van der Waals surface area contributed by atoms with Crippen LogP contribution >= 0.6 is 0 Å². The van der Waals surface area contributed by atoms with Crippen molar-refractivity contribution in [2.45, 2.75) is 71.5 Å². The van der Waals surface area contributed by atoms with E-state index in [1.54, 1.807) is 4.57 Å². The first-order valence-electron chi connectivity index (χ1n) is 10.8. The van der Waals surface area contributed by atoms with Gasteiger partial charge in [-0.1, -0.05) is 44.2 Å². The fourth-order valence-electron chi connectivity index (χ4n) is 4.43. The molecule has 2 aromatic heterocycles. The van der Waals surface area contributed by atoms with E-state index in [4.69, 9.17) is 4.98 Å². The Morgan fingerprint density at radius 1 is 0.967 bits per heavy atom. The number of Topliss-reactive ketones (excluding diaryl/α,β-unsaturated/α-hetero) is 1. The van der Waals surface area contributed by atoms with Gasteiger partial charge in [0, 0.05) is 38.4 Å². The highest BCUT2D eigenvalue weighted by atomic mass is 16.2. The van der Waals surface area contributed by atoms with Crippen molar-refractivity contribution in [3.05, 3.63) is 62.6 Å². The Morgan fingerprint density at radius 2 is 1.67 bits per heavy atom. The van der Waals surface area contributed by atoms with Gasteiger partial charge in [-0.05, 0) is 24.8 Å². The molecular weight excluding hydrogens is 380 g/mol. The number of hydrogen-bond donors (Lipinski definition) is 0. The molecule has 0 saturated heterocycles. The van der Waals surface area contributed by atoms with Gasteiger partial charge >= 0.3 is 5.69 Å². The van der Waals surface area contributed by atoms with Crippen molar-refractivity contribution >= 4 is 16.9 Å². The van der Waals surface area contributed by atoms with Crippen LogP contribution in [0.25, 0.3) is 11.2 Å². The molecule has 1 atom stereocenters. The number of ketones is 1. The Bertz CT molecular complexity index is 1190. The lowest BCUT2D eigenvalue weighted by molar-refractivity contribution is -0.117. The molecule has 1 aromatic carbocycles. The average Bonchev–Trinajstić information content (AvgIpc) is 3.33. The van der Waals surface area contributed by atoms with Crippen LogP contribution in [0, 0.1) is 0 Å². The van der Waals surface area contributed by atoms with Crippen molar-refractivity contribution in [1.82, 2.24) is 18.7 Å². The summed E-state index contributed by atoms with van der Waals surface area (Å²) < 4.78 is 4.92. The minimum absolute atomic E-state index is 0.0159. The van der Waals surface area contributed by atoms with Crippen LogP contribution in [0.15, 0.2) is 39.9 Å². The van der Waals surface area contributed by atoms with Crippen LogP contribution in [0.3, 0.4) is 0 Å². The first kappa shape index (κ1) is 20.3. The molecule has 0 aliphatic heterocycles. The first-order valence-corrected chi connectivity index (χ1v) is 10.8. The Morgan fingerprint density at radius 3 is 2.30 bits per heavy atom. The lowest BCUT2D eigenvalue weighted by atomic mass is 10.1. The van der Waals surface area contributed by atoms with E-state index in [9.17, 15) is 14.4 Å². The van der Waals surface area contributed by atoms with E-state index in [0.29, 0.717) is 50.1 Å². The fraction of sp³-hybridized carbons (Fsp3) is 0.478. The van der Waals surface area contributed by atoms with E-state index < -0.39 is 0 Å². The van der Waals surface area contributed by atoms with Gasteiger partial charge in [0.05, 0.1) is 0 Å². The number of aromatic nitrogens is 4. The number of hydrogen-bond acceptors (Lipinski definition) is 4. The molecule has 7 nitrogen and oxygen atoms in total. The molecular formula is C23H28N4O3. The van der Waals surface area contributed by atoms with Gasteiger partial charge in [-0.25, -0.2) is 9.78 Å². The lowest BCUT2D eigenvalue weighted by Crippen LogP contribution is -2.40. The second-order valence-electron chi connectivity index (χ2n) is 8.08. The molecule has 2 heterocycles. The molecule has 3 aromatic rings. The summed E-state index contributed by atoms with van der Waals surface area (Å²) in [6.07, 6.45) is 3.18. The molecule has 30 heavy (non-hydrogen) atoms. The summed E-state index contributed by atoms with van der Waals surface area (Å²) in [6, 6.07) is 9.93. The number of fused-ring (bicyclic) bond motifs is 1. The van der Waals surface area contributed by atoms with Crippen molar-refractivity contribution in [2.24, 2.45) is 0 Å². The van der Waals surface area contributed by atoms with Crippen LogP contribution in [-0.4, -0.2) is 24.5 Å². The van der Waals surface area contributed by atoms with Crippen LogP contribution in [0.1, 0.15) is 63.3 Å². The van der Waals surface area contributed by atoms with Crippen molar-refractivity contribution in [1.29, 1.82) is 0 Å². The Labute approximate surface area is 175 Å². The average molecular weight is 409 g/mol. The molecule has 1 unspecified atom stereocenters. The molecule has 158 valence electrons. The summed E-state index contributed by atoms with van der Waals surface area (Å²) in [7, 11) is 0. The van der Waals surface area contributed by atoms with Crippen LogP contribution in [0.2, 0.25) is 0 Å². The van der Waals surface area contributed by atoms with Crippen molar-refractivity contribution in [2.75, 3.05) is 0 Å². The number of aryl methyl sites for hydroxylation is 1. The minimum Gasteiger partial charge on any atom is -0.317 e. The highest BCUT2D eigenvalue weighted by Gasteiger charge is 2.30. The van der Waals surface area contributed by atoms with E-state index in [0.717, 1.165) is 24.2 Å². The van der Waals surface area contributed by atoms with Crippen LogP contribution in [-0.2, 0) is 24.4 Å². The normalized spacial score (nSPS) is 16.6. The quantitative estimate of drug-likeness (QED) is 0.602. The van der Waals surface area contributed by atoms with Crippen LogP contribution < -0.4 is 11.2 Å². The highest BCUT2D eigenvalue weighted by molar-refractivity contribution is 5.82. The molecule has 0 N–H and O–H groups in total. The zero-order valence-corrected chi connectivity index (χ0v) is 17.6. The Kier molecular flexibility index (Phi) is 5.70. The van der Waals surface area contributed by atoms with Gasteiger partial charge in [-0.15, -0.1) is 0 Å². The summed E-state index contributed by atoms with van der Waals surface area (Å²) in [5.74, 6) is 0.959. The highest BCUT2D eigenvalue weighted by Crippen LogP contribution is 2.33. The van der Waals surface area contributed by atoms with Gasteiger partial charge < -0.3 is 4.57 Å². The van der Waals surface area contributed by atoms with Gasteiger partial charge in [0.1, 0.15) is 11.6 Å². The zero-order chi connectivity index (χ0) is 21.3. The number of benzene rings is 1. The largest absolute Gasteiger partial charge is 0.332 e. The third-order valence-electron chi connectivity index (χ3n) is 5.83. The van der Waals surface area contributed by atoms with E-state index >= 15 is 0 Å². The van der Waals surface area contributed by atoms with E-state index in [1.165, 1.54) is 4.57 Å². The predicted octanol–water partition coefficient (Wildman–Crippen LogP) is 3.06. The number of carbonyl (C=O) groups excluding carboxylic acids is 1. The summed E-state index contributed by atoms with van der Waals surface area (Å²) in [5.41, 5.74) is 1.38. The molecule has 0 amide bonds. The van der Waals surface area contributed by atoms with Gasteiger partial charge in [0.25, 0.3) is 5.56 Å². The summed E-state index contributed by atoms with van der Waals surface area (Å²) in [5, 5.41) is 0. The number of imidazole rings is 1. The summed E-state index contributed by atoms with van der Waals surface area (Å²) in [4.78, 5) is 43.3. The van der Waals surface area contributed by atoms with E-state index in [2.05, 4.69) is 0 Å². The molecule has 4 rings (SSSR count). The van der Waals surface area contributed by atoms with E-state index in [1.807, 2.05) is 48.7 Å². The maximum absolute atomic E-state index is 13.4. The molecule has 1 saturated carbocycles. The molecule has 1 fully saturated rings. The van der Waals surface area contributed by atoms with Crippen molar-refractivity contribution < 1.29 is 4.79 Å².